The molecular weight excluding hydrogens is 601 g/mol. The highest BCUT2D eigenvalue weighted by Crippen LogP contribution is 2.45. The molecule has 222 valence electrons. The molecule has 0 unspecified atom stereocenters. The number of aromatic nitrogens is 2. The molecule has 0 aliphatic carbocycles. The zero-order valence-corrected chi connectivity index (χ0v) is 24.9. The van der Waals surface area contributed by atoms with E-state index in [1.807, 2.05) is 23.9 Å². The van der Waals surface area contributed by atoms with E-state index >= 15 is 4.39 Å². The number of fused-ring (bicyclic) bond motifs is 2. The molecule has 0 saturated carbocycles. The Hall–Kier alpha value is -4.12. The van der Waals surface area contributed by atoms with Gasteiger partial charge in [0.05, 0.1) is 20.9 Å². The summed E-state index contributed by atoms with van der Waals surface area (Å²) < 4.78 is 45.0. The molecule has 2 aliphatic rings. The van der Waals surface area contributed by atoms with E-state index in [9.17, 15) is 18.8 Å². The van der Waals surface area contributed by atoms with Crippen LogP contribution in [0.25, 0.3) is 32.2 Å². The van der Waals surface area contributed by atoms with Gasteiger partial charge in [0.15, 0.2) is 16.8 Å². The first kappa shape index (κ1) is 29.0. The number of amides is 1. The number of halogens is 4. The highest BCUT2D eigenvalue weighted by Gasteiger charge is 2.35. The van der Waals surface area contributed by atoms with Crippen LogP contribution in [0, 0.1) is 23.0 Å². The van der Waals surface area contributed by atoms with Gasteiger partial charge in [0.1, 0.15) is 28.8 Å². The Morgan fingerprint density at radius 1 is 1.16 bits per heavy atom. The van der Waals surface area contributed by atoms with Gasteiger partial charge in [-0.3, -0.25) is 4.79 Å². The van der Waals surface area contributed by atoms with Gasteiger partial charge in [-0.15, -0.1) is 0 Å². The van der Waals surface area contributed by atoms with Crippen molar-refractivity contribution in [3.05, 3.63) is 52.8 Å². The third kappa shape index (κ3) is 4.79. The summed E-state index contributed by atoms with van der Waals surface area (Å²) in [7, 11) is 3.92. The van der Waals surface area contributed by atoms with Gasteiger partial charge in [-0.05, 0) is 32.3 Å². The molecule has 0 radical (unpaired) electrons. The van der Waals surface area contributed by atoms with E-state index in [-0.39, 0.29) is 74.8 Å². The minimum Gasteiger partial charge on any atom is -0.375 e. The molecule has 6 rings (SSSR count). The molecule has 1 amide bonds. The summed E-state index contributed by atoms with van der Waals surface area (Å²) >= 11 is 7.70. The molecule has 14 heteroatoms. The predicted molar refractivity (Wildman–Crippen MR) is 163 cm³/mol. The topological polar surface area (TPSA) is 106 Å². The lowest BCUT2D eigenvalue weighted by Crippen LogP contribution is -2.58. The fourth-order valence-electron chi connectivity index (χ4n) is 5.66. The van der Waals surface area contributed by atoms with Crippen molar-refractivity contribution in [3.63, 3.8) is 0 Å². The Balaban J connectivity index is 1.55. The third-order valence-corrected chi connectivity index (χ3v) is 9.22. The summed E-state index contributed by atoms with van der Waals surface area (Å²) in [5.74, 6) is -2.79. The summed E-state index contributed by atoms with van der Waals surface area (Å²) in [6, 6.07) is 6.67. The lowest BCUT2D eigenvalue weighted by Gasteiger charge is -2.44. The number of carbonyl (C=O) groups excluding carboxylic acids is 1. The second-order valence-corrected chi connectivity index (χ2v) is 12.2. The summed E-state index contributed by atoms with van der Waals surface area (Å²) in [5.41, 5.74) is 6.96. The van der Waals surface area contributed by atoms with Crippen LogP contribution in [0.1, 0.15) is 5.56 Å². The Bertz CT molecular complexity index is 1860. The molecule has 43 heavy (non-hydrogen) atoms. The highest BCUT2D eigenvalue weighted by atomic mass is 35.5. The van der Waals surface area contributed by atoms with Crippen molar-refractivity contribution in [2.75, 3.05) is 68.9 Å². The van der Waals surface area contributed by atoms with E-state index in [1.54, 1.807) is 6.07 Å². The van der Waals surface area contributed by atoms with E-state index in [1.165, 1.54) is 17.0 Å². The van der Waals surface area contributed by atoms with Gasteiger partial charge in [0.25, 0.3) is 5.91 Å². The van der Waals surface area contributed by atoms with Crippen molar-refractivity contribution < 1.29 is 18.0 Å². The fourth-order valence-corrected chi connectivity index (χ4v) is 6.72. The minimum absolute atomic E-state index is 0.00905. The number of piperazine rings is 1. The van der Waals surface area contributed by atoms with Crippen LogP contribution in [0.4, 0.5) is 29.8 Å². The lowest BCUT2D eigenvalue weighted by atomic mass is 9.98. The number of benzene rings is 2. The van der Waals surface area contributed by atoms with Crippen LogP contribution < -0.4 is 15.5 Å². The minimum atomic E-state index is -1.05. The Labute approximate surface area is 254 Å². The zero-order valence-electron chi connectivity index (χ0n) is 23.3. The normalized spacial score (nSPS) is 15.8. The number of nitriles is 1. The average molecular weight is 627 g/mol. The van der Waals surface area contributed by atoms with Gasteiger partial charge in [-0.1, -0.05) is 29.5 Å². The van der Waals surface area contributed by atoms with E-state index in [0.717, 1.165) is 11.3 Å². The van der Waals surface area contributed by atoms with E-state index < -0.39 is 23.4 Å². The Kier molecular flexibility index (Phi) is 7.32. The second kappa shape index (κ2) is 10.9. The highest BCUT2D eigenvalue weighted by molar-refractivity contribution is 7.22. The maximum atomic E-state index is 16.7. The number of likely N-dealkylation sites (N-methyl/N-ethyl adjacent to an activating group) is 1. The Morgan fingerprint density at radius 2 is 1.86 bits per heavy atom. The number of hydrogen-bond acceptors (Lipinski definition) is 9. The molecule has 4 heterocycles. The molecule has 2 saturated heterocycles. The number of carbonyl (C=O) groups is 1. The largest absolute Gasteiger partial charge is 0.375 e. The number of nitrogens with zero attached hydrogens (tertiary/aromatic N) is 7. The van der Waals surface area contributed by atoms with Crippen molar-refractivity contribution in [1.82, 2.24) is 19.8 Å². The van der Waals surface area contributed by atoms with Crippen LogP contribution in [0.15, 0.2) is 30.6 Å². The first-order chi connectivity index (χ1) is 20.5. The number of hydrogen-bond donors (Lipinski definition) is 1. The van der Waals surface area contributed by atoms with Crippen LogP contribution in [-0.2, 0) is 4.79 Å². The number of thiazole rings is 1. The number of anilines is 3. The van der Waals surface area contributed by atoms with E-state index in [2.05, 4.69) is 22.5 Å². The van der Waals surface area contributed by atoms with Crippen molar-refractivity contribution in [1.29, 1.82) is 5.26 Å². The van der Waals surface area contributed by atoms with Crippen molar-refractivity contribution >= 4 is 66.6 Å². The monoisotopic (exact) mass is 626 g/mol. The maximum Gasteiger partial charge on any atom is 0.282 e. The van der Waals surface area contributed by atoms with Gasteiger partial charge in [-0.2, -0.15) is 5.26 Å². The van der Waals surface area contributed by atoms with Crippen molar-refractivity contribution in [3.8, 4) is 17.2 Å². The molecule has 2 aliphatic heterocycles. The van der Waals surface area contributed by atoms with Crippen molar-refractivity contribution in [2.24, 2.45) is 0 Å². The lowest BCUT2D eigenvalue weighted by molar-refractivity contribution is -0.128. The SMILES string of the molecule is C=C(F)C(=O)N1CCN(c2c(C#N)c(N3CC(N(C)C)C3)nc3c(F)c(-c4ccc(F)c5sc(N)nc45)c(Cl)cc23)CC1. The van der Waals surface area contributed by atoms with Crippen LogP contribution in [0.2, 0.25) is 5.02 Å². The summed E-state index contributed by atoms with van der Waals surface area (Å²) in [5, 5.41) is 10.9. The van der Waals surface area contributed by atoms with Gasteiger partial charge in [0.2, 0.25) is 0 Å². The molecule has 2 fully saturated rings. The molecular formula is C29H26ClF3N8OS. The average Bonchev–Trinajstić information content (AvgIpc) is 3.35. The van der Waals surface area contributed by atoms with Gasteiger partial charge in [-0.25, -0.2) is 23.1 Å². The fraction of sp³-hybridized carbons (Fsp3) is 0.310. The molecule has 0 bridgehead atoms. The van der Waals surface area contributed by atoms with Crippen LogP contribution in [0.5, 0.6) is 0 Å². The van der Waals surface area contributed by atoms with Crippen molar-refractivity contribution in [2.45, 2.75) is 6.04 Å². The second-order valence-electron chi connectivity index (χ2n) is 10.7. The Morgan fingerprint density at radius 3 is 2.49 bits per heavy atom. The standard InChI is InChI=1S/C29H26ClF3N8OS/c1-14(31)28(42)40-8-6-39(7-9-40)25-17-10-19(30)21(16-4-5-20(32)26-24(16)37-29(35)43-26)22(33)23(17)36-27(18(25)11-34)41-12-15(13-41)38(2)3/h4-5,10,15H,1,6-9,12-13H2,2-3H3,(H2,35,37). The van der Waals surface area contributed by atoms with Crippen LogP contribution in [-0.4, -0.2) is 85.1 Å². The smallest absolute Gasteiger partial charge is 0.282 e. The molecule has 0 atom stereocenters. The molecule has 4 aromatic rings. The zero-order chi connectivity index (χ0) is 30.7. The molecule has 2 aromatic carbocycles. The maximum absolute atomic E-state index is 16.7. The number of rotatable bonds is 5. The molecule has 0 spiro atoms. The number of nitrogen functional groups attached to an aromatic ring is 1. The predicted octanol–water partition coefficient (Wildman–Crippen LogP) is 4.78. The molecule has 2 aromatic heterocycles. The molecule has 9 nitrogen and oxygen atoms in total. The summed E-state index contributed by atoms with van der Waals surface area (Å²) in [4.78, 5) is 28.3. The van der Waals surface area contributed by atoms with E-state index in [0.29, 0.717) is 30.0 Å². The number of pyridine rings is 1. The quantitative estimate of drug-likeness (QED) is 0.316. The van der Waals surface area contributed by atoms with Crippen LogP contribution in [0.3, 0.4) is 0 Å². The van der Waals surface area contributed by atoms with Gasteiger partial charge >= 0.3 is 0 Å². The summed E-state index contributed by atoms with van der Waals surface area (Å²) in [6.07, 6.45) is 0. The van der Waals surface area contributed by atoms with E-state index in [4.69, 9.17) is 22.3 Å². The first-order valence-electron chi connectivity index (χ1n) is 13.4. The molecule has 2 N–H and O–H groups in total. The van der Waals surface area contributed by atoms with Crippen LogP contribution >= 0.6 is 22.9 Å². The first-order valence-corrected chi connectivity index (χ1v) is 14.6. The van der Waals surface area contributed by atoms with Gasteiger partial charge in [0, 0.05) is 61.8 Å². The number of nitrogens with two attached hydrogens (primary N) is 1. The summed E-state index contributed by atoms with van der Waals surface area (Å²) in [6.45, 7) is 5.12. The van der Waals surface area contributed by atoms with Gasteiger partial charge < -0.3 is 25.3 Å². The third-order valence-electron chi connectivity index (χ3n) is 8.03.